The summed E-state index contributed by atoms with van der Waals surface area (Å²) in [5.74, 6) is -1.72. The van der Waals surface area contributed by atoms with E-state index >= 15 is 0 Å². The molecule has 18 heavy (non-hydrogen) atoms. The molecule has 0 aromatic heterocycles. The number of β-lactam (4-membered cyclic amide) rings is 1. The summed E-state index contributed by atoms with van der Waals surface area (Å²) >= 11 is 0. The van der Waals surface area contributed by atoms with Crippen LogP contribution in [0.3, 0.4) is 0 Å². The van der Waals surface area contributed by atoms with Gasteiger partial charge in [0.25, 0.3) is 5.91 Å². The van der Waals surface area contributed by atoms with E-state index in [0.29, 0.717) is 6.21 Å². The van der Waals surface area contributed by atoms with Gasteiger partial charge >= 0.3 is 12.1 Å². The first-order chi connectivity index (χ1) is 8.19. The number of hydrogen-bond acceptors (Lipinski definition) is 5. The van der Waals surface area contributed by atoms with Crippen LogP contribution in [0.2, 0.25) is 0 Å². The van der Waals surface area contributed by atoms with Gasteiger partial charge in [-0.1, -0.05) is 0 Å². The van der Waals surface area contributed by atoms with Gasteiger partial charge in [0.05, 0.1) is 6.54 Å². The minimum atomic E-state index is -1.24. The summed E-state index contributed by atoms with van der Waals surface area (Å²) in [5, 5.41) is 15.1. The molecule has 0 spiro atoms. The van der Waals surface area contributed by atoms with Crippen LogP contribution >= 0.6 is 0 Å². The van der Waals surface area contributed by atoms with Gasteiger partial charge in [0.15, 0.2) is 0 Å². The first kappa shape index (κ1) is 13.9. The van der Waals surface area contributed by atoms with E-state index in [1.165, 1.54) is 0 Å². The number of alkyl carbamates (subject to hydrolysis) is 1. The van der Waals surface area contributed by atoms with Crippen molar-refractivity contribution in [1.82, 2.24) is 10.3 Å². The standard InChI is InChI=1S/C10H15N3O5/c1-10(2,3)18-9(17)12-6-5-13(8(6)16)11-4-7(14)15/h4,6H,5H2,1-3H3,(H,12,17)(H,14,15)/b11-4+. The Morgan fingerprint density at radius 3 is 2.61 bits per heavy atom. The second-order valence-corrected chi connectivity index (χ2v) is 4.70. The highest BCUT2D eigenvalue weighted by Crippen LogP contribution is 2.12. The lowest BCUT2D eigenvalue weighted by Gasteiger charge is -2.34. The first-order valence-corrected chi connectivity index (χ1v) is 5.27. The number of aliphatic carboxylic acids is 1. The molecule has 8 nitrogen and oxygen atoms in total. The van der Waals surface area contributed by atoms with Crippen LogP contribution in [0.4, 0.5) is 4.79 Å². The minimum absolute atomic E-state index is 0.127. The zero-order valence-electron chi connectivity index (χ0n) is 10.3. The van der Waals surface area contributed by atoms with Gasteiger partial charge in [-0.15, -0.1) is 0 Å². The van der Waals surface area contributed by atoms with E-state index in [4.69, 9.17) is 9.84 Å². The fourth-order valence-corrected chi connectivity index (χ4v) is 1.19. The second kappa shape index (κ2) is 5.03. The number of carbonyl (C=O) groups excluding carboxylic acids is 2. The van der Waals surface area contributed by atoms with Crippen molar-refractivity contribution in [1.29, 1.82) is 0 Å². The number of hydrogen-bond donors (Lipinski definition) is 2. The Bertz CT molecular complexity index is 399. The number of rotatable bonds is 3. The predicted molar refractivity (Wildman–Crippen MR) is 61.0 cm³/mol. The molecule has 1 aliphatic rings. The van der Waals surface area contributed by atoms with Crippen molar-refractivity contribution in [3.8, 4) is 0 Å². The molecule has 1 heterocycles. The smallest absolute Gasteiger partial charge is 0.408 e. The van der Waals surface area contributed by atoms with Gasteiger partial charge in [-0.3, -0.25) is 4.79 Å². The molecule has 1 unspecified atom stereocenters. The normalized spacial score (nSPS) is 19.6. The molecule has 1 aliphatic heterocycles. The number of carbonyl (C=O) groups is 3. The average Bonchev–Trinajstić information content (AvgIpc) is 2.18. The summed E-state index contributed by atoms with van der Waals surface area (Å²) in [6, 6.07) is -0.717. The molecule has 1 fully saturated rings. The number of amides is 2. The van der Waals surface area contributed by atoms with E-state index in [2.05, 4.69) is 10.4 Å². The van der Waals surface area contributed by atoms with Gasteiger partial charge < -0.3 is 15.2 Å². The van der Waals surface area contributed by atoms with Crippen molar-refractivity contribution in [3.63, 3.8) is 0 Å². The van der Waals surface area contributed by atoms with E-state index in [9.17, 15) is 14.4 Å². The van der Waals surface area contributed by atoms with Crippen molar-refractivity contribution < 1.29 is 24.2 Å². The van der Waals surface area contributed by atoms with Crippen LogP contribution in [0.1, 0.15) is 20.8 Å². The summed E-state index contributed by atoms with van der Waals surface area (Å²) in [7, 11) is 0. The van der Waals surface area contributed by atoms with Gasteiger partial charge in [0, 0.05) is 0 Å². The molecule has 0 bridgehead atoms. The Labute approximate surface area is 104 Å². The third kappa shape index (κ3) is 4.04. The van der Waals surface area contributed by atoms with Gasteiger partial charge in [-0.25, -0.2) is 14.6 Å². The van der Waals surface area contributed by atoms with Crippen molar-refractivity contribution in [2.24, 2.45) is 5.10 Å². The molecular weight excluding hydrogens is 242 g/mol. The molecule has 0 radical (unpaired) electrons. The highest BCUT2D eigenvalue weighted by atomic mass is 16.6. The molecular formula is C10H15N3O5. The van der Waals surface area contributed by atoms with Gasteiger partial charge in [0.1, 0.15) is 17.9 Å². The van der Waals surface area contributed by atoms with Crippen molar-refractivity contribution in [2.45, 2.75) is 32.4 Å². The van der Waals surface area contributed by atoms with Crippen LogP contribution < -0.4 is 5.32 Å². The molecule has 0 aromatic carbocycles. The van der Waals surface area contributed by atoms with Crippen LogP contribution in [-0.2, 0) is 14.3 Å². The molecule has 2 N–H and O–H groups in total. The van der Waals surface area contributed by atoms with Crippen LogP contribution in [0.25, 0.3) is 0 Å². The number of nitrogens with zero attached hydrogens (tertiary/aromatic N) is 2. The Morgan fingerprint density at radius 1 is 1.56 bits per heavy atom. The molecule has 1 atom stereocenters. The average molecular weight is 257 g/mol. The molecule has 100 valence electrons. The first-order valence-electron chi connectivity index (χ1n) is 5.27. The zero-order chi connectivity index (χ0) is 13.9. The Morgan fingerprint density at radius 2 is 2.17 bits per heavy atom. The van der Waals surface area contributed by atoms with Crippen LogP contribution in [0.15, 0.2) is 5.10 Å². The topological polar surface area (TPSA) is 108 Å². The second-order valence-electron chi connectivity index (χ2n) is 4.70. The molecule has 1 saturated heterocycles. The molecule has 2 amide bonds. The molecule has 0 saturated carbocycles. The van der Waals surface area contributed by atoms with Crippen LogP contribution in [0.5, 0.6) is 0 Å². The minimum Gasteiger partial charge on any atom is -0.477 e. The van der Waals surface area contributed by atoms with E-state index in [0.717, 1.165) is 5.01 Å². The molecule has 0 aliphatic carbocycles. The van der Waals surface area contributed by atoms with E-state index < -0.39 is 29.6 Å². The van der Waals surface area contributed by atoms with E-state index in [-0.39, 0.29) is 6.54 Å². The third-order valence-electron chi connectivity index (χ3n) is 1.91. The lowest BCUT2D eigenvalue weighted by molar-refractivity contribution is -0.143. The number of hydrazone groups is 1. The Kier molecular flexibility index (Phi) is 3.89. The number of ether oxygens (including phenoxy) is 1. The molecule has 0 aromatic rings. The largest absolute Gasteiger partial charge is 0.477 e. The van der Waals surface area contributed by atoms with Crippen molar-refractivity contribution in [3.05, 3.63) is 0 Å². The van der Waals surface area contributed by atoms with Crippen molar-refractivity contribution >= 4 is 24.2 Å². The van der Waals surface area contributed by atoms with E-state index in [1.54, 1.807) is 20.8 Å². The van der Waals surface area contributed by atoms with Crippen LogP contribution in [0, 0.1) is 0 Å². The predicted octanol–water partition coefficient (Wildman–Crippen LogP) is -0.208. The quantitative estimate of drug-likeness (QED) is 0.537. The van der Waals surface area contributed by atoms with Crippen LogP contribution in [-0.4, -0.2) is 52.5 Å². The SMILES string of the molecule is CC(C)(C)OC(=O)NC1CN(/N=C/C(=O)O)C1=O. The van der Waals surface area contributed by atoms with Gasteiger partial charge in [-0.2, -0.15) is 5.10 Å². The maximum absolute atomic E-state index is 11.4. The fraction of sp³-hybridized carbons (Fsp3) is 0.600. The number of nitrogens with one attached hydrogen (secondary N) is 1. The summed E-state index contributed by atoms with van der Waals surface area (Å²) in [6.07, 6.45) is -0.0792. The Hall–Kier alpha value is -2.12. The highest BCUT2D eigenvalue weighted by molar-refractivity contribution is 6.22. The summed E-state index contributed by atoms with van der Waals surface area (Å²) < 4.78 is 4.97. The number of carboxylic acid groups (broad SMARTS) is 1. The highest BCUT2D eigenvalue weighted by Gasteiger charge is 2.38. The third-order valence-corrected chi connectivity index (χ3v) is 1.91. The molecule has 8 heteroatoms. The van der Waals surface area contributed by atoms with Crippen molar-refractivity contribution in [2.75, 3.05) is 6.54 Å². The Balaban J connectivity index is 2.39. The van der Waals surface area contributed by atoms with E-state index in [1.807, 2.05) is 0 Å². The molecule has 1 rings (SSSR count). The maximum Gasteiger partial charge on any atom is 0.408 e. The zero-order valence-corrected chi connectivity index (χ0v) is 10.3. The summed E-state index contributed by atoms with van der Waals surface area (Å²) in [6.45, 7) is 5.25. The monoisotopic (exact) mass is 257 g/mol. The summed E-state index contributed by atoms with van der Waals surface area (Å²) in [4.78, 5) is 33.0. The lowest BCUT2D eigenvalue weighted by Crippen LogP contribution is -2.62. The number of carboxylic acids is 1. The fourth-order valence-electron chi connectivity index (χ4n) is 1.19. The maximum atomic E-state index is 11.4. The van der Waals surface area contributed by atoms with Gasteiger partial charge in [-0.05, 0) is 20.8 Å². The lowest BCUT2D eigenvalue weighted by atomic mass is 10.1. The van der Waals surface area contributed by atoms with Gasteiger partial charge in [0.2, 0.25) is 0 Å². The summed E-state index contributed by atoms with van der Waals surface area (Å²) in [5.41, 5.74) is -0.641.